The Hall–Kier alpha value is -1.52. The van der Waals surface area contributed by atoms with Gasteiger partial charge in [-0.25, -0.2) is 0 Å². The second-order valence-electron chi connectivity index (χ2n) is 5.71. The molecular weight excluding hydrogens is 278 g/mol. The third kappa shape index (κ3) is 1.28. The number of hydrogen-bond donors (Lipinski definition) is 1. The molecule has 1 aromatic rings. The minimum absolute atomic E-state index is 0.196. The third-order valence-electron chi connectivity index (χ3n) is 4.79. The fraction of sp³-hybridized carbons (Fsp3) is 0.556. The standard InChI is InChI=1S/C18H21NO3/c1-19-8-7-18-11-4-5-13(20)17(18)22-16-14(21-2)6-3-10(15(16)18)9-12(11)19/h3-6,11-13,17,20H,7-9H2,1-2H3/t11-,12+,13?,17?,18-/m0/s1/i1D3,3D,6D,9D2,11D,12D,13D,17D. The zero-order valence-corrected chi connectivity index (χ0v) is 11.8. The lowest BCUT2D eigenvalue weighted by molar-refractivity contribution is -0.0453. The monoisotopic (exact) mass is 310 g/mol. The summed E-state index contributed by atoms with van der Waals surface area (Å²) >= 11 is 0. The second kappa shape index (κ2) is 4.06. The lowest BCUT2D eigenvalue weighted by Gasteiger charge is -2.56. The van der Waals surface area contributed by atoms with Crippen molar-refractivity contribution in [3.8, 4) is 11.5 Å². The Labute approximate surface area is 145 Å². The van der Waals surface area contributed by atoms with Gasteiger partial charge in [0.15, 0.2) is 11.5 Å². The van der Waals surface area contributed by atoms with Crippen LogP contribution in [0.1, 0.15) is 32.6 Å². The van der Waals surface area contributed by atoms with Gasteiger partial charge in [-0.15, -0.1) is 0 Å². The normalized spacial score (nSPS) is 64.5. The first-order chi connectivity index (χ1) is 14.9. The quantitative estimate of drug-likeness (QED) is 0.798. The molecule has 5 atom stereocenters. The molecule has 1 fully saturated rings. The molecule has 1 aromatic carbocycles. The molecule has 2 unspecified atom stereocenters. The zero-order chi connectivity index (χ0) is 24.8. The first kappa shape index (κ1) is 6.17. The molecule has 0 radical (unpaired) electrons. The molecule has 22 heavy (non-hydrogen) atoms. The van der Waals surface area contributed by atoms with E-state index in [9.17, 15) is 7.85 Å². The molecule has 5 rings (SSSR count). The summed E-state index contributed by atoms with van der Waals surface area (Å²) in [4.78, 5) is 0.561. The number of methoxy groups -OCH3 is 1. The molecule has 1 spiro atoms. The van der Waals surface area contributed by atoms with Gasteiger partial charge in [0.25, 0.3) is 0 Å². The van der Waals surface area contributed by atoms with E-state index in [4.69, 9.17) is 21.8 Å². The Morgan fingerprint density at radius 2 is 2.50 bits per heavy atom. The van der Waals surface area contributed by atoms with Crippen molar-refractivity contribution in [1.29, 1.82) is 0 Å². The number of ether oxygens (including phenoxy) is 2. The van der Waals surface area contributed by atoms with Crippen molar-refractivity contribution in [2.45, 2.75) is 36.4 Å². The smallest absolute Gasteiger partial charge is 0.165 e. The van der Waals surface area contributed by atoms with Crippen LogP contribution < -0.4 is 9.47 Å². The molecule has 2 aliphatic heterocycles. The van der Waals surface area contributed by atoms with Crippen LogP contribution in [0.4, 0.5) is 0 Å². The number of hydrogen-bond acceptors (Lipinski definition) is 4. The van der Waals surface area contributed by atoms with Gasteiger partial charge in [-0.2, -0.15) is 0 Å². The van der Waals surface area contributed by atoms with Gasteiger partial charge in [-0.3, -0.25) is 0 Å². The van der Waals surface area contributed by atoms with Crippen LogP contribution in [0.25, 0.3) is 0 Å². The van der Waals surface area contributed by atoms with Gasteiger partial charge in [-0.05, 0) is 37.9 Å². The molecular formula is C18H21NO3. The summed E-state index contributed by atoms with van der Waals surface area (Å²) in [7, 11) is 1.18. The van der Waals surface area contributed by atoms with Gasteiger partial charge in [0.1, 0.15) is 12.2 Å². The molecule has 2 bridgehead atoms. The fourth-order valence-electron chi connectivity index (χ4n) is 3.86. The van der Waals surface area contributed by atoms with Crippen LogP contribution in [0, 0.1) is 5.89 Å². The number of likely N-dealkylation sites (N-methyl/N-ethyl adjacent to an activating group) is 1. The number of rotatable bonds is 1. The number of piperidine rings is 1. The van der Waals surface area contributed by atoms with E-state index in [0.29, 0.717) is 4.90 Å². The minimum Gasteiger partial charge on any atom is -0.493 e. The summed E-state index contributed by atoms with van der Waals surface area (Å²) in [5, 5.41) is 10.9. The molecule has 116 valence electrons. The summed E-state index contributed by atoms with van der Waals surface area (Å²) in [5.74, 6) is -3.20. The number of nitrogens with zero attached hydrogens (tertiary/aromatic N) is 1. The SMILES string of the molecule is [2H]c1c([2H])c2c3c(c1OC)OC1([2H])C([2H])(O)C=C[C@]4([2H])[C@@]31CCN(C([2H])([2H])[2H])[C@]4([2H])C2([2H])[2H]. The van der Waals surface area contributed by atoms with E-state index in [1.807, 2.05) is 0 Å². The third-order valence-corrected chi connectivity index (χ3v) is 4.79. The van der Waals surface area contributed by atoms with Crippen molar-refractivity contribution >= 4 is 0 Å². The second-order valence-corrected chi connectivity index (χ2v) is 5.71. The molecule has 4 heteroatoms. The van der Waals surface area contributed by atoms with Gasteiger partial charge in [0, 0.05) is 32.5 Å². The van der Waals surface area contributed by atoms with E-state index in [1.54, 1.807) is 0 Å². The van der Waals surface area contributed by atoms with Crippen molar-refractivity contribution in [3.05, 3.63) is 35.4 Å². The summed E-state index contributed by atoms with van der Waals surface area (Å²) < 4.78 is 106. The predicted molar refractivity (Wildman–Crippen MR) is 82.5 cm³/mol. The molecule has 2 aliphatic carbocycles. The highest BCUT2D eigenvalue weighted by molar-refractivity contribution is 5.62. The van der Waals surface area contributed by atoms with Gasteiger partial charge in [-0.1, -0.05) is 18.2 Å². The lowest BCUT2D eigenvalue weighted by atomic mass is 9.53. The average Bonchev–Trinajstić information content (AvgIpc) is 2.94. The highest BCUT2D eigenvalue weighted by Crippen LogP contribution is 2.62. The van der Waals surface area contributed by atoms with Crippen LogP contribution in [0.15, 0.2) is 24.2 Å². The fourth-order valence-corrected chi connectivity index (χ4v) is 3.86. The lowest BCUT2D eigenvalue weighted by Crippen LogP contribution is -2.64. The number of benzene rings is 1. The van der Waals surface area contributed by atoms with Crippen molar-refractivity contribution in [1.82, 2.24) is 4.90 Å². The van der Waals surface area contributed by atoms with Crippen molar-refractivity contribution in [2.24, 2.45) is 5.89 Å². The maximum atomic E-state index is 10.9. The van der Waals surface area contributed by atoms with Gasteiger partial charge < -0.3 is 19.5 Å². The summed E-state index contributed by atoms with van der Waals surface area (Å²) in [6.07, 6.45) is -7.20. The molecule has 4 nitrogen and oxygen atoms in total. The maximum absolute atomic E-state index is 10.9. The van der Waals surface area contributed by atoms with E-state index >= 15 is 0 Å². The zero-order valence-electron chi connectivity index (χ0n) is 22.8. The van der Waals surface area contributed by atoms with Crippen LogP contribution in [0.5, 0.6) is 11.5 Å². The van der Waals surface area contributed by atoms with Crippen molar-refractivity contribution < 1.29 is 29.7 Å². The Kier molecular flexibility index (Phi) is 1.14. The molecule has 4 aliphatic rings. The molecule has 1 saturated heterocycles. The topological polar surface area (TPSA) is 41.9 Å². The molecule has 0 aromatic heterocycles. The Bertz CT molecular complexity index is 1140. The van der Waals surface area contributed by atoms with E-state index in [1.165, 1.54) is 7.11 Å². The van der Waals surface area contributed by atoms with Crippen LogP contribution in [0.3, 0.4) is 0 Å². The summed E-state index contributed by atoms with van der Waals surface area (Å²) in [6, 6.07) is -4.25. The van der Waals surface area contributed by atoms with Crippen LogP contribution in [-0.2, 0) is 11.8 Å². The first-order valence-corrected chi connectivity index (χ1v) is 7.02. The van der Waals surface area contributed by atoms with Gasteiger partial charge in [0.2, 0.25) is 0 Å². The van der Waals surface area contributed by atoms with E-state index in [2.05, 4.69) is 0 Å². The van der Waals surface area contributed by atoms with Crippen molar-refractivity contribution in [3.63, 3.8) is 0 Å². The predicted octanol–water partition coefficient (Wildman–Crippen LogP) is 1.50. The Morgan fingerprint density at radius 3 is 3.32 bits per heavy atom. The highest BCUT2D eigenvalue weighted by atomic mass is 16.5. The largest absolute Gasteiger partial charge is 0.493 e. The molecule has 0 saturated carbocycles. The minimum atomic E-state index is -3.02. The maximum Gasteiger partial charge on any atom is 0.165 e. The Balaban J connectivity index is 2.06. The van der Waals surface area contributed by atoms with Gasteiger partial charge in [0.05, 0.1) is 12.6 Å². The summed E-state index contributed by atoms with van der Waals surface area (Å²) in [6.45, 7) is -3.48. The van der Waals surface area contributed by atoms with Crippen LogP contribution >= 0.6 is 0 Å². The molecule has 1 N–H and O–H groups in total. The first-order valence-electron chi connectivity index (χ1n) is 12.5. The molecule has 0 amide bonds. The Morgan fingerprint density at radius 1 is 1.59 bits per heavy atom. The summed E-state index contributed by atoms with van der Waals surface area (Å²) in [5.41, 5.74) is -2.87. The van der Waals surface area contributed by atoms with E-state index in [0.717, 1.165) is 12.2 Å². The van der Waals surface area contributed by atoms with E-state index in [-0.39, 0.29) is 23.5 Å². The average molecular weight is 310 g/mol. The van der Waals surface area contributed by atoms with Crippen molar-refractivity contribution in [2.75, 3.05) is 20.6 Å². The number of likely N-dealkylation sites (tertiary alicyclic amines) is 1. The van der Waals surface area contributed by atoms with Gasteiger partial charge >= 0.3 is 0 Å². The van der Waals surface area contributed by atoms with Crippen LogP contribution in [0.2, 0.25) is 0 Å². The molecule has 2 heterocycles. The van der Waals surface area contributed by atoms with Crippen LogP contribution in [-0.4, -0.2) is 48.8 Å². The van der Waals surface area contributed by atoms with E-state index < -0.39 is 67.0 Å². The number of aliphatic hydroxyl groups is 1. The highest BCUT2D eigenvalue weighted by Gasteiger charge is 2.64.